The molecule has 5 rings (SSSR count). The summed E-state index contributed by atoms with van der Waals surface area (Å²) in [5.41, 5.74) is 2.56. The Kier molecular flexibility index (Phi) is 7.92. The van der Waals surface area contributed by atoms with Gasteiger partial charge in [-0.25, -0.2) is 4.68 Å². The number of carbonyl (C=O) groups is 1. The van der Waals surface area contributed by atoms with E-state index in [9.17, 15) is 13.9 Å². The highest BCUT2D eigenvalue weighted by Crippen LogP contribution is 2.46. The van der Waals surface area contributed by atoms with Gasteiger partial charge in [-0.1, -0.05) is 35.9 Å². The number of hydrogen-bond acceptors (Lipinski definition) is 7. The Morgan fingerprint density at radius 1 is 1.11 bits per heavy atom. The van der Waals surface area contributed by atoms with Crippen molar-refractivity contribution in [2.24, 2.45) is 0 Å². The monoisotopic (exact) mass is 573 g/mol. The Bertz CT molecular complexity index is 1440. The van der Waals surface area contributed by atoms with Crippen molar-refractivity contribution in [1.82, 2.24) is 14.7 Å². The minimum atomic E-state index is -2.83. The fraction of sp³-hybridized carbons (Fsp3) is 0.259. The van der Waals surface area contributed by atoms with E-state index in [0.29, 0.717) is 47.5 Å². The highest BCUT2D eigenvalue weighted by atomic mass is 35.5. The van der Waals surface area contributed by atoms with Gasteiger partial charge in [-0.2, -0.15) is 15.7 Å². The lowest BCUT2D eigenvalue weighted by molar-refractivity contribution is -0.0494. The lowest BCUT2D eigenvalue weighted by Crippen LogP contribution is -2.30. The molecule has 0 radical (unpaired) electrons. The maximum atomic E-state index is 13.3. The van der Waals surface area contributed by atoms with Crippen LogP contribution in [0.4, 0.5) is 0 Å². The summed E-state index contributed by atoms with van der Waals surface area (Å²) >= 11 is 8.05. The highest BCUT2D eigenvalue weighted by Gasteiger charge is 2.23. The Balaban J connectivity index is 1.48. The zero-order chi connectivity index (χ0) is 26.9. The minimum absolute atomic E-state index is 0.215. The maximum Gasteiger partial charge on any atom is 0.274 e. The van der Waals surface area contributed by atoms with Crippen LogP contribution >= 0.6 is 33.5 Å². The van der Waals surface area contributed by atoms with Crippen molar-refractivity contribution in [3.63, 3.8) is 0 Å². The van der Waals surface area contributed by atoms with Crippen molar-refractivity contribution >= 4 is 39.4 Å². The first-order chi connectivity index (χ1) is 18.2. The quantitative estimate of drug-likeness (QED) is 0.250. The molecule has 3 heterocycles. The Hall–Kier alpha value is -2.70. The normalized spacial score (nSPS) is 14.7. The summed E-state index contributed by atoms with van der Waals surface area (Å²) < 4.78 is 32.9. The second-order valence-corrected chi connectivity index (χ2v) is 12.6. The minimum Gasteiger partial charge on any atom is -0.350 e. The van der Waals surface area contributed by atoms with Gasteiger partial charge in [0.2, 0.25) is 0 Å². The first-order valence-corrected chi connectivity index (χ1v) is 15.1. The van der Waals surface area contributed by atoms with Crippen molar-refractivity contribution in [1.29, 1.82) is 0 Å². The van der Waals surface area contributed by atoms with Crippen LogP contribution in [0.25, 0.3) is 26.7 Å². The van der Waals surface area contributed by atoms with E-state index in [1.165, 1.54) is 17.6 Å². The molecule has 38 heavy (non-hydrogen) atoms. The van der Waals surface area contributed by atoms with Gasteiger partial charge in [0.15, 0.2) is 12.0 Å². The summed E-state index contributed by atoms with van der Waals surface area (Å²) in [6.07, 6.45) is 1.70. The number of carbonyl (C=O) groups excluding carboxylic acids is 1. The summed E-state index contributed by atoms with van der Waals surface area (Å²) in [7, 11) is -1.10. The van der Waals surface area contributed by atoms with Crippen LogP contribution in [0.1, 0.15) is 16.9 Å². The number of amides is 1. The second-order valence-electron chi connectivity index (χ2n) is 8.99. The summed E-state index contributed by atoms with van der Waals surface area (Å²) in [5, 5.41) is 5.18. The van der Waals surface area contributed by atoms with Gasteiger partial charge in [0.1, 0.15) is 0 Å². The first-order valence-electron chi connectivity index (χ1n) is 12.0. The summed E-state index contributed by atoms with van der Waals surface area (Å²) in [6.45, 7) is 1.61. The number of nitrogens with zero attached hydrogens (tertiary/aromatic N) is 3. The Morgan fingerprint density at radius 2 is 1.84 bits per heavy atom. The predicted octanol–water partition coefficient (Wildman–Crippen LogP) is 6.50. The molecular formula is C27H28ClN3O5S2. The number of hydrogen-bond donors (Lipinski definition) is 2. The van der Waals surface area contributed by atoms with E-state index < -0.39 is 10.6 Å². The van der Waals surface area contributed by atoms with Crippen molar-refractivity contribution in [3.8, 4) is 26.7 Å². The van der Waals surface area contributed by atoms with Crippen LogP contribution in [-0.4, -0.2) is 69.0 Å². The molecule has 0 spiro atoms. The van der Waals surface area contributed by atoms with Gasteiger partial charge in [-0.15, -0.1) is 11.3 Å². The van der Waals surface area contributed by atoms with E-state index in [-0.39, 0.29) is 12.2 Å². The molecule has 1 aliphatic rings. The summed E-state index contributed by atoms with van der Waals surface area (Å²) in [4.78, 5) is 17.2. The summed E-state index contributed by atoms with van der Waals surface area (Å²) in [5.74, 6) is -0.215. The molecule has 1 saturated heterocycles. The van der Waals surface area contributed by atoms with Gasteiger partial charge in [0.25, 0.3) is 5.91 Å². The third kappa shape index (κ3) is 5.81. The standard InChI is InChI=1S/C27H28ClN3O5S2/c1-30(13-12-26-35-14-15-36-26)27(32)21-17-23(31(29-21)22-9-4-3-8-20(22)28)25-11-10-24(37-25)18-6-5-7-19(16-18)38(2,33)34/h3-11,16-17,26,33-34H,12-15H2,1-2H3. The third-order valence-electron chi connectivity index (χ3n) is 6.17. The third-order valence-corrected chi connectivity index (χ3v) is 8.79. The number of rotatable bonds is 8. The van der Waals surface area contributed by atoms with E-state index >= 15 is 0 Å². The average molecular weight is 574 g/mol. The predicted molar refractivity (Wildman–Crippen MR) is 152 cm³/mol. The number of benzene rings is 2. The molecule has 8 nitrogen and oxygen atoms in total. The van der Waals surface area contributed by atoms with Gasteiger partial charge < -0.3 is 14.4 Å². The molecule has 1 amide bonds. The smallest absolute Gasteiger partial charge is 0.274 e. The van der Waals surface area contributed by atoms with Crippen molar-refractivity contribution in [2.45, 2.75) is 17.6 Å². The van der Waals surface area contributed by atoms with E-state index in [4.69, 9.17) is 21.1 Å². The van der Waals surface area contributed by atoms with Crippen LogP contribution in [0.5, 0.6) is 0 Å². The number of halogens is 1. The zero-order valence-electron chi connectivity index (χ0n) is 20.9. The summed E-state index contributed by atoms with van der Waals surface area (Å²) in [6, 6.07) is 20.3. The van der Waals surface area contributed by atoms with Crippen molar-refractivity contribution < 1.29 is 23.4 Å². The largest absolute Gasteiger partial charge is 0.350 e. The van der Waals surface area contributed by atoms with E-state index in [2.05, 4.69) is 5.10 Å². The van der Waals surface area contributed by atoms with Crippen molar-refractivity contribution in [3.05, 3.63) is 77.4 Å². The second kappa shape index (κ2) is 11.2. The molecule has 0 atom stereocenters. The van der Waals surface area contributed by atoms with Crippen LogP contribution in [0.2, 0.25) is 5.02 Å². The molecule has 2 aromatic carbocycles. The molecule has 0 bridgehead atoms. The lowest BCUT2D eigenvalue weighted by atomic mass is 10.2. The molecule has 11 heteroatoms. The molecular weight excluding hydrogens is 546 g/mol. The highest BCUT2D eigenvalue weighted by molar-refractivity contribution is 8.23. The molecule has 2 aromatic heterocycles. The molecule has 4 aromatic rings. The average Bonchev–Trinajstić information content (AvgIpc) is 3.67. The number of para-hydroxylation sites is 1. The molecule has 200 valence electrons. The number of ether oxygens (including phenoxy) is 2. The Morgan fingerprint density at radius 3 is 2.58 bits per heavy atom. The van der Waals surface area contributed by atoms with Gasteiger partial charge in [0, 0.05) is 31.1 Å². The maximum absolute atomic E-state index is 13.3. The van der Waals surface area contributed by atoms with Crippen LogP contribution in [0.15, 0.2) is 71.6 Å². The van der Waals surface area contributed by atoms with Gasteiger partial charge in [0.05, 0.1) is 39.4 Å². The van der Waals surface area contributed by atoms with Crippen LogP contribution < -0.4 is 0 Å². The van der Waals surface area contributed by atoms with Gasteiger partial charge in [-0.05, 0) is 48.0 Å². The number of aromatic nitrogens is 2. The van der Waals surface area contributed by atoms with Crippen molar-refractivity contribution in [2.75, 3.05) is 33.1 Å². The molecule has 1 fully saturated rings. The van der Waals surface area contributed by atoms with E-state index in [1.807, 2.05) is 42.5 Å². The SMILES string of the molecule is CN(CCC1OCCO1)C(=O)c1cc(-c2ccc(-c3cccc(S(C)(O)O)c3)s2)n(-c2ccccc2Cl)n1. The van der Waals surface area contributed by atoms with Gasteiger partial charge >= 0.3 is 0 Å². The van der Waals surface area contributed by atoms with Crippen LogP contribution in [0.3, 0.4) is 0 Å². The number of thiophene rings is 1. The Labute approximate surface area is 231 Å². The first kappa shape index (κ1) is 26.9. The molecule has 1 aliphatic heterocycles. The zero-order valence-corrected chi connectivity index (χ0v) is 23.3. The molecule has 2 N–H and O–H groups in total. The topological polar surface area (TPSA) is 97.0 Å². The van der Waals surface area contributed by atoms with E-state index in [1.54, 1.807) is 40.9 Å². The lowest BCUT2D eigenvalue weighted by Gasteiger charge is -2.27. The molecule has 0 unspecified atom stereocenters. The van der Waals surface area contributed by atoms with E-state index in [0.717, 1.165) is 21.0 Å². The fourth-order valence-electron chi connectivity index (χ4n) is 4.16. The fourth-order valence-corrected chi connectivity index (χ4v) is 6.07. The van der Waals surface area contributed by atoms with Crippen LogP contribution in [0, 0.1) is 0 Å². The molecule has 0 saturated carbocycles. The molecule has 0 aliphatic carbocycles. The van der Waals surface area contributed by atoms with Crippen LogP contribution in [-0.2, 0) is 9.47 Å². The van der Waals surface area contributed by atoms with Gasteiger partial charge in [-0.3, -0.25) is 13.9 Å².